The molecular formula is C42H26N4. The summed E-state index contributed by atoms with van der Waals surface area (Å²) in [5.41, 5.74) is 10.5. The van der Waals surface area contributed by atoms with Gasteiger partial charge in [0, 0.05) is 12.4 Å². The average Bonchev–Trinajstić information content (AvgIpc) is 3.14. The van der Waals surface area contributed by atoms with Crippen molar-refractivity contribution in [3.05, 3.63) is 164 Å². The Morgan fingerprint density at radius 2 is 1.09 bits per heavy atom. The van der Waals surface area contributed by atoms with Crippen molar-refractivity contribution in [2.45, 2.75) is 0 Å². The summed E-state index contributed by atoms with van der Waals surface area (Å²) in [5, 5.41) is 14.0. The van der Waals surface area contributed by atoms with Gasteiger partial charge in [-0.2, -0.15) is 5.26 Å². The largest absolute Gasteiger partial charge is 0.255 e. The predicted molar refractivity (Wildman–Crippen MR) is 187 cm³/mol. The van der Waals surface area contributed by atoms with E-state index in [0.717, 1.165) is 66.9 Å². The molecule has 0 aliphatic heterocycles. The van der Waals surface area contributed by atoms with E-state index in [1.165, 1.54) is 10.8 Å². The summed E-state index contributed by atoms with van der Waals surface area (Å²) in [4.78, 5) is 14.2. The van der Waals surface area contributed by atoms with Crippen molar-refractivity contribution in [2.24, 2.45) is 0 Å². The van der Waals surface area contributed by atoms with Gasteiger partial charge < -0.3 is 0 Å². The summed E-state index contributed by atoms with van der Waals surface area (Å²) < 4.78 is 0. The highest BCUT2D eigenvalue weighted by atomic mass is 14.8. The molecule has 8 aromatic rings. The van der Waals surface area contributed by atoms with Crippen LogP contribution in [0.1, 0.15) is 5.56 Å². The molecule has 8 rings (SSSR count). The second-order valence-corrected chi connectivity index (χ2v) is 11.2. The number of hydrogen-bond donors (Lipinski definition) is 0. The molecule has 46 heavy (non-hydrogen) atoms. The molecule has 0 saturated carbocycles. The first-order chi connectivity index (χ1) is 22.7. The Morgan fingerprint density at radius 1 is 0.413 bits per heavy atom. The molecule has 0 aliphatic rings. The summed E-state index contributed by atoms with van der Waals surface area (Å²) in [5.74, 6) is 0. The summed E-state index contributed by atoms with van der Waals surface area (Å²) >= 11 is 0. The number of rotatable bonds is 5. The molecule has 5 aromatic carbocycles. The molecular weight excluding hydrogens is 560 g/mol. The fraction of sp³-hybridized carbons (Fsp3) is 0. The first-order valence-electron chi connectivity index (χ1n) is 15.2. The highest BCUT2D eigenvalue weighted by molar-refractivity contribution is 6.03. The molecule has 3 heterocycles. The van der Waals surface area contributed by atoms with Crippen molar-refractivity contribution in [3.63, 3.8) is 0 Å². The third-order valence-electron chi connectivity index (χ3n) is 8.39. The molecule has 0 fully saturated rings. The molecule has 0 spiro atoms. The third-order valence-corrected chi connectivity index (χ3v) is 8.39. The van der Waals surface area contributed by atoms with E-state index >= 15 is 0 Å². The van der Waals surface area contributed by atoms with Crippen LogP contribution in [0.3, 0.4) is 0 Å². The number of nitrogens with zero attached hydrogens (tertiary/aromatic N) is 4. The Balaban J connectivity index is 1.31. The summed E-state index contributed by atoms with van der Waals surface area (Å²) in [6.07, 6.45) is 3.59. The Kier molecular flexibility index (Phi) is 6.83. The minimum absolute atomic E-state index is 0.653. The molecule has 4 heteroatoms. The fourth-order valence-electron chi connectivity index (χ4n) is 6.12. The van der Waals surface area contributed by atoms with Crippen LogP contribution in [0.4, 0.5) is 0 Å². The van der Waals surface area contributed by atoms with Gasteiger partial charge in [-0.05, 0) is 122 Å². The molecule has 214 valence electrons. The van der Waals surface area contributed by atoms with E-state index in [1.807, 2.05) is 60.7 Å². The van der Waals surface area contributed by atoms with Crippen LogP contribution in [0.15, 0.2) is 158 Å². The van der Waals surface area contributed by atoms with Crippen LogP contribution >= 0.6 is 0 Å². The van der Waals surface area contributed by atoms with Crippen LogP contribution in [0, 0.1) is 11.3 Å². The van der Waals surface area contributed by atoms with Crippen molar-refractivity contribution >= 4 is 21.5 Å². The van der Waals surface area contributed by atoms with Crippen molar-refractivity contribution in [1.29, 1.82) is 5.26 Å². The lowest BCUT2D eigenvalue weighted by molar-refractivity contribution is 1.22. The molecule has 0 aliphatic carbocycles. The number of fused-ring (bicyclic) bond motifs is 2. The minimum Gasteiger partial charge on any atom is -0.255 e. The van der Waals surface area contributed by atoms with Gasteiger partial charge in [0.15, 0.2) is 0 Å². The lowest BCUT2D eigenvalue weighted by Gasteiger charge is -2.14. The van der Waals surface area contributed by atoms with Gasteiger partial charge in [0.1, 0.15) is 0 Å². The first kappa shape index (κ1) is 27.1. The number of pyridine rings is 3. The molecule has 3 aromatic heterocycles. The zero-order chi connectivity index (χ0) is 30.9. The summed E-state index contributed by atoms with van der Waals surface area (Å²) in [6, 6.07) is 52.2. The second kappa shape index (κ2) is 11.6. The van der Waals surface area contributed by atoms with Gasteiger partial charge in [0.25, 0.3) is 0 Å². The zero-order valence-electron chi connectivity index (χ0n) is 24.8. The molecule has 0 amide bonds. The fourth-order valence-corrected chi connectivity index (χ4v) is 6.12. The second-order valence-electron chi connectivity index (χ2n) is 11.2. The molecule has 0 radical (unpaired) electrons. The van der Waals surface area contributed by atoms with Crippen LogP contribution in [-0.4, -0.2) is 15.0 Å². The summed E-state index contributed by atoms with van der Waals surface area (Å²) in [7, 11) is 0. The number of nitriles is 1. The zero-order valence-corrected chi connectivity index (χ0v) is 24.8. The molecule has 0 atom stereocenters. The van der Waals surface area contributed by atoms with E-state index in [4.69, 9.17) is 4.98 Å². The first-order valence-corrected chi connectivity index (χ1v) is 15.2. The van der Waals surface area contributed by atoms with Gasteiger partial charge >= 0.3 is 0 Å². The number of aromatic nitrogens is 3. The SMILES string of the molecule is N#Cc1ccc(-c2cc(-c3ccc4cccc(-c5cc(-c6ccccn6)nc(-c6ccccn6)c5)c4c3)cc3ccccc23)cc1. The van der Waals surface area contributed by atoms with Crippen LogP contribution < -0.4 is 0 Å². The molecule has 0 bridgehead atoms. The van der Waals surface area contributed by atoms with Crippen molar-refractivity contribution in [2.75, 3.05) is 0 Å². The van der Waals surface area contributed by atoms with E-state index in [2.05, 4.69) is 101 Å². The van der Waals surface area contributed by atoms with Gasteiger partial charge in [0.05, 0.1) is 34.4 Å². The highest BCUT2D eigenvalue weighted by Crippen LogP contribution is 2.38. The monoisotopic (exact) mass is 586 g/mol. The normalized spacial score (nSPS) is 11.0. The van der Waals surface area contributed by atoms with Gasteiger partial charge in [-0.25, -0.2) is 4.98 Å². The lowest BCUT2D eigenvalue weighted by Crippen LogP contribution is -1.94. The van der Waals surface area contributed by atoms with E-state index in [9.17, 15) is 5.26 Å². The van der Waals surface area contributed by atoms with Crippen LogP contribution in [0.5, 0.6) is 0 Å². The van der Waals surface area contributed by atoms with Gasteiger partial charge in [-0.15, -0.1) is 0 Å². The maximum absolute atomic E-state index is 9.34. The third kappa shape index (κ3) is 5.06. The van der Waals surface area contributed by atoms with Crippen molar-refractivity contribution in [3.8, 4) is 62.2 Å². The van der Waals surface area contributed by atoms with Gasteiger partial charge in [0.2, 0.25) is 0 Å². The molecule has 0 N–H and O–H groups in total. The van der Waals surface area contributed by atoms with E-state index in [-0.39, 0.29) is 0 Å². The van der Waals surface area contributed by atoms with Gasteiger partial charge in [-0.3, -0.25) is 9.97 Å². The minimum atomic E-state index is 0.653. The van der Waals surface area contributed by atoms with E-state index in [0.29, 0.717) is 5.56 Å². The van der Waals surface area contributed by atoms with Crippen LogP contribution in [0.2, 0.25) is 0 Å². The maximum Gasteiger partial charge on any atom is 0.0991 e. The average molecular weight is 587 g/mol. The highest BCUT2D eigenvalue weighted by Gasteiger charge is 2.14. The van der Waals surface area contributed by atoms with E-state index < -0.39 is 0 Å². The number of benzene rings is 5. The van der Waals surface area contributed by atoms with Gasteiger partial charge in [-0.1, -0.05) is 78.9 Å². The van der Waals surface area contributed by atoms with Crippen molar-refractivity contribution in [1.82, 2.24) is 15.0 Å². The molecule has 0 saturated heterocycles. The smallest absolute Gasteiger partial charge is 0.0991 e. The topological polar surface area (TPSA) is 62.5 Å². The quantitative estimate of drug-likeness (QED) is 0.201. The Morgan fingerprint density at radius 3 is 1.78 bits per heavy atom. The Bertz CT molecular complexity index is 2350. The van der Waals surface area contributed by atoms with Crippen LogP contribution in [0.25, 0.3) is 77.7 Å². The lowest BCUT2D eigenvalue weighted by atomic mass is 9.90. The van der Waals surface area contributed by atoms with E-state index in [1.54, 1.807) is 12.4 Å². The predicted octanol–water partition coefficient (Wildman–Crippen LogP) is 10.4. The Hall–Kier alpha value is -6.44. The van der Waals surface area contributed by atoms with Crippen molar-refractivity contribution < 1.29 is 0 Å². The Labute approximate surface area is 266 Å². The maximum atomic E-state index is 9.34. The summed E-state index contributed by atoms with van der Waals surface area (Å²) in [6.45, 7) is 0. The van der Waals surface area contributed by atoms with Crippen LogP contribution in [-0.2, 0) is 0 Å². The molecule has 4 nitrogen and oxygen atoms in total. The number of hydrogen-bond acceptors (Lipinski definition) is 4. The standard InChI is InChI=1S/C42H26N4/c43-27-28-14-16-30(17-15-28)38-24-33(22-32-8-1-2-10-35(32)38)31-19-18-29-9-7-11-36(37(29)23-31)34-25-41(39-12-3-5-20-44-39)46-42(26-34)40-13-4-6-21-45-40/h1-26H. The molecule has 0 unspecified atom stereocenters.